The fourth-order valence-corrected chi connectivity index (χ4v) is 7.72. The average Bonchev–Trinajstić information content (AvgIpc) is 3.38. The van der Waals surface area contributed by atoms with Crippen molar-refractivity contribution in [2.45, 2.75) is 82.7 Å². The van der Waals surface area contributed by atoms with Gasteiger partial charge in [-0.3, -0.25) is 10.2 Å². The van der Waals surface area contributed by atoms with Crippen molar-refractivity contribution in [1.82, 2.24) is 5.43 Å². The van der Waals surface area contributed by atoms with E-state index in [0.29, 0.717) is 12.0 Å². The highest BCUT2D eigenvalue weighted by molar-refractivity contribution is 6.11. The Balaban J connectivity index is 1.32. The number of likely N-dealkylation sites (N-methyl/N-ethyl adjacent to an activating group) is 1. The first-order chi connectivity index (χ1) is 20.7. The largest absolute Gasteiger partial charge is 0.453 e. The Morgan fingerprint density at radius 3 is 2.53 bits per heavy atom. The lowest BCUT2D eigenvalue weighted by Gasteiger charge is -2.32. The van der Waals surface area contributed by atoms with E-state index in [0.717, 1.165) is 56.3 Å². The summed E-state index contributed by atoms with van der Waals surface area (Å²) in [4.78, 5) is 27.0. The first-order valence-corrected chi connectivity index (χ1v) is 15.6. The first kappa shape index (κ1) is 29.1. The molecule has 6 rings (SSSR count). The van der Waals surface area contributed by atoms with Gasteiger partial charge in [-0.15, -0.1) is 0 Å². The van der Waals surface area contributed by atoms with Gasteiger partial charge in [0.2, 0.25) is 11.6 Å². The number of hydrogen-bond donors (Lipinski definition) is 2. The lowest BCUT2D eigenvalue weighted by atomic mass is 9.71. The molecule has 2 atom stereocenters. The fourth-order valence-electron chi connectivity index (χ4n) is 7.72. The summed E-state index contributed by atoms with van der Waals surface area (Å²) in [7, 11) is 2.09. The third kappa shape index (κ3) is 4.93. The number of benzene rings is 2. The van der Waals surface area contributed by atoms with Crippen LogP contribution in [0.1, 0.15) is 76.8 Å². The van der Waals surface area contributed by atoms with Crippen molar-refractivity contribution in [3.63, 3.8) is 0 Å². The molecule has 4 heterocycles. The number of ether oxygens (including phenoxy) is 1. The van der Waals surface area contributed by atoms with Crippen LogP contribution in [0.4, 0.5) is 11.4 Å². The van der Waals surface area contributed by atoms with Crippen molar-refractivity contribution in [1.29, 1.82) is 0 Å². The molecule has 2 aromatic rings. The first-order valence-electron chi connectivity index (χ1n) is 15.6. The zero-order chi connectivity index (χ0) is 30.4. The zero-order valence-corrected chi connectivity index (χ0v) is 25.8. The van der Waals surface area contributed by atoms with Crippen LogP contribution in [0.25, 0.3) is 0 Å². The minimum absolute atomic E-state index is 0.109. The second kappa shape index (κ2) is 11.3. The van der Waals surface area contributed by atoms with Crippen molar-refractivity contribution >= 4 is 29.0 Å². The molecule has 43 heavy (non-hydrogen) atoms. The van der Waals surface area contributed by atoms with Gasteiger partial charge in [0.15, 0.2) is 12.3 Å². The number of fused-ring (bicyclic) bond motifs is 5. The minimum atomic E-state index is -0.255. The van der Waals surface area contributed by atoms with E-state index in [-0.39, 0.29) is 28.8 Å². The maximum atomic E-state index is 13.3. The summed E-state index contributed by atoms with van der Waals surface area (Å²) in [5.41, 5.74) is 11.1. The molecule has 4 aliphatic rings. The Bertz CT molecular complexity index is 1600. The molecule has 4 aliphatic heterocycles. The third-order valence-corrected chi connectivity index (χ3v) is 9.97. The van der Waals surface area contributed by atoms with Crippen LogP contribution in [0.2, 0.25) is 0 Å². The summed E-state index contributed by atoms with van der Waals surface area (Å²) >= 11 is 0. The molecule has 0 saturated carbocycles. The van der Waals surface area contributed by atoms with Gasteiger partial charge in [-0.1, -0.05) is 69.5 Å². The highest BCUT2D eigenvalue weighted by atomic mass is 16.5. The van der Waals surface area contributed by atoms with Crippen LogP contribution >= 0.6 is 0 Å². The summed E-state index contributed by atoms with van der Waals surface area (Å²) in [6.07, 6.45) is 12.0. The highest BCUT2D eigenvalue weighted by Crippen LogP contribution is 2.49. The molecule has 3 N–H and O–H groups in total. The Kier molecular flexibility index (Phi) is 7.63. The normalized spacial score (nSPS) is 25.2. The average molecular weight is 580 g/mol. The quantitative estimate of drug-likeness (QED) is 0.0777. The number of nitrogens with zero attached hydrogens (tertiary/aromatic N) is 2. The fraction of sp³-hybridized carbons (Fsp3) is 0.417. The maximum absolute atomic E-state index is 13.3. The molecule has 2 aromatic carbocycles. The molecule has 0 aliphatic carbocycles. The number of nitrogens with one attached hydrogen (secondary N) is 1. The van der Waals surface area contributed by atoms with Gasteiger partial charge in [-0.25, -0.2) is 10.6 Å². The molecule has 0 bridgehead atoms. The van der Waals surface area contributed by atoms with E-state index in [4.69, 9.17) is 10.6 Å². The number of anilines is 1. The second-order valence-corrected chi connectivity index (χ2v) is 13.0. The van der Waals surface area contributed by atoms with Crippen molar-refractivity contribution in [3.05, 3.63) is 94.7 Å². The number of unbranched alkanes of at least 4 members (excludes halogenated alkanes) is 3. The van der Waals surface area contributed by atoms with E-state index in [2.05, 4.69) is 103 Å². The molecule has 0 radical (unpaired) electrons. The second-order valence-electron chi connectivity index (χ2n) is 13.0. The number of hydrazine groups is 1. The van der Waals surface area contributed by atoms with Crippen molar-refractivity contribution in [2.24, 2.45) is 5.84 Å². The van der Waals surface area contributed by atoms with Crippen molar-refractivity contribution < 1.29 is 18.9 Å². The Morgan fingerprint density at radius 2 is 1.77 bits per heavy atom. The maximum Gasteiger partial charge on any atom is 0.338 e. The molecule has 0 fully saturated rings. The molecule has 0 aromatic heterocycles. The topological polar surface area (TPSA) is 87.7 Å². The summed E-state index contributed by atoms with van der Waals surface area (Å²) < 4.78 is 8.60. The van der Waals surface area contributed by atoms with Crippen LogP contribution in [0.15, 0.2) is 83.6 Å². The molecular weight excluding hydrogens is 536 g/mol. The van der Waals surface area contributed by atoms with Crippen LogP contribution in [-0.4, -0.2) is 41.9 Å². The van der Waals surface area contributed by atoms with E-state index in [1.807, 2.05) is 6.08 Å². The van der Waals surface area contributed by atoms with E-state index >= 15 is 0 Å². The third-order valence-electron chi connectivity index (χ3n) is 9.97. The standard InChI is InChI=1S/C36H42N4O3/c1-35(2)26-13-8-10-15-28(26)39(4)31(35)19-18-24-23-25-30(43-34(24)42)20-22-40-29-16-11-9-14-27(29)36(3,33(25)40)21-12-6-5-7-17-32(41)38-37/h8-11,13-16,18-19,23,30H,5-7,12,17,20-22,37H2,1-4H3/p+1. The smallest absolute Gasteiger partial charge is 0.338 e. The van der Waals surface area contributed by atoms with E-state index in [1.165, 1.54) is 28.2 Å². The summed E-state index contributed by atoms with van der Waals surface area (Å²) in [6.45, 7) is 7.64. The van der Waals surface area contributed by atoms with Crippen LogP contribution in [-0.2, 0) is 25.2 Å². The Hall–Kier alpha value is -3.97. The summed E-state index contributed by atoms with van der Waals surface area (Å²) in [5.74, 6) is 4.86. The lowest BCUT2D eigenvalue weighted by Crippen LogP contribution is -2.44. The minimum Gasteiger partial charge on any atom is -0.453 e. The predicted molar refractivity (Wildman–Crippen MR) is 170 cm³/mol. The van der Waals surface area contributed by atoms with E-state index in [1.54, 1.807) is 0 Å². The van der Waals surface area contributed by atoms with Crippen LogP contribution in [0.5, 0.6) is 0 Å². The van der Waals surface area contributed by atoms with Gasteiger partial charge in [0.1, 0.15) is 6.10 Å². The molecule has 0 saturated heterocycles. The number of hydrogen-bond acceptors (Lipinski definition) is 5. The van der Waals surface area contributed by atoms with E-state index < -0.39 is 0 Å². The molecule has 2 unspecified atom stereocenters. The Morgan fingerprint density at radius 1 is 1.05 bits per heavy atom. The van der Waals surface area contributed by atoms with Gasteiger partial charge in [-0.05, 0) is 49.6 Å². The number of esters is 1. The number of rotatable bonds is 8. The van der Waals surface area contributed by atoms with Crippen molar-refractivity contribution in [3.8, 4) is 0 Å². The van der Waals surface area contributed by atoms with Crippen LogP contribution in [0, 0.1) is 0 Å². The molecule has 1 amide bonds. The van der Waals surface area contributed by atoms with Crippen LogP contribution in [0.3, 0.4) is 0 Å². The lowest BCUT2D eigenvalue weighted by molar-refractivity contribution is -0.444. The number of nitrogens with two attached hydrogens (primary N) is 1. The van der Waals surface area contributed by atoms with Crippen LogP contribution < -0.4 is 16.2 Å². The number of allylic oxidation sites excluding steroid dienone is 3. The number of carbonyl (C=O) groups excluding carboxylic acids is 2. The molecular formula is C36H43N4O3+. The zero-order valence-electron chi connectivity index (χ0n) is 25.8. The van der Waals surface area contributed by atoms with Gasteiger partial charge in [0, 0.05) is 48.3 Å². The molecule has 0 spiro atoms. The highest BCUT2D eigenvalue weighted by Gasteiger charge is 2.54. The summed E-state index contributed by atoms with van der Waals surface area (Å²) in [6, 6.07) is 17.2. The van der Waals surface area contributed by atoms with E-state index in [9.17, 15) is 9.59 Å². The number of carbonyl (C=O) groups is 2. The SMILES string of the molecule is CN1C(=CC=C2C=C3C4=[N+](CCC3OC2=O)c2ccccc2C4(C)CCCCCCC(=O)NN)C(C)(C)c2ccccc21. The molecule has 224 valence electrons. The monoisotopic (exact) mass is 579 g/mol. The van der Waals surface area contributed by atoms with Gasteiger partial charge >= 0.3 is 5.97 Å². The van der Waals surface area contributed by atoms with Gasteiger partial charge in [0.25, 0.3) is 0 Å². The van der Waals surface area contributed by atoms with Gasteiger partial charge < -0.3 is 9.64 Å². The number of para-hydroxylation sites is 2. The van der Waals surface area contributed by atoms with Gasteiger partial charge in [0.05, 0.1) is 16.6 Å². The predicted octanol–water partition coefficient (Wildman–Crippen LogP) is 5.87. The molecule has 7 nitrogen and oxygen atoms in total. The van der Waals surface area contributed by atoms with Crippen molar-refractivity contribution in [2.75, 3.05) is 18.5 Å². The molecule has 7 heteroatoms. The number of amides is 1. The Labute approximate surface area is 254 Å². The summed E-state index contributed by atoms with van der Waals surface area (Å²) in [5, 5.41) is 0. The van der Waals surface area contributed by atoms with Gasteiger partial charge in [-0.2, -0.15) is 4.58 Å².